The lowest BCUT2D eigenvalue weighted by atomic mass is 10.1. The van der Waals surface area contributed by atoms with E-state index in [1.807, 2.05) is 32.9 Å². The van der Waals surface area contributed by atoms with Crippen LogP contribution in [0.4, 0.5) is 10.1 Å². The fourth-order valence-corrected chi connectivity index (χ4v) is 2.00. The Labute approximate surface area is 118 Å². The number of halogens is 1. The summed E-state index contributed by atoms with van der Waals surface area (Å²) in [6.07, 6.45) is 0. The molecule has 20 heavy (non-hydrogen) atoms. The molecule has 0 unspecified atom stereocenters. The van der Waals surface area contributed by atoms with Crippen LogP contribution in [0.3, 0.4) is 0 Å². The highest BCUT2D eigenvalue weighted by Gasteiger charge is 2.13. The zero-order valence-corrected chi connectivity index (χ0v) is 12.1. The minimum atomic E-state index is -0.511. The van der Waals surface area contributed by atoms with Crippen molar-refractivity contribution in [2.75, 3.05) is 12.8 Å². The normalized spacial score (nSPS) is 10.4. The molecule has 2 N–H and O–H groups in total. The Morgan fingerprint density at radius 3 is 2.30 bits per heavy atom. The fraction of sp³-hybridized carbons (Fsp3) is 0.250. The molecule has 0 aromatic heterocycles. The molecule has 0 amide bonds. The van der Waals surface area contributed by atoms with Crippen molar-refractivity contribution in [1.82, 2.24) is 0 Å². The van der Waals surface area contributed by atoms with E-state index < -0.39 is 5.82 Å². The van der Waals surface area contributed by atoms with E-state index in [0.717, 1.165) is 16.7 Å². The van der Waals surface area contributed by atoms with E-state index in [4.69, 9.17) is 15.2 Å². The van der Waals surface area contributed by atoms with Gasteiger partial charge in [0.25, 0.3) is 0 Å². The van der Waals surface area contributed by atoms with Crippen molar-refractivity contribution in [2.45, 2.75) is 20.8 Å². The number of methoxy groups -OCH3 is 1. The Balaban J connectivity index is 2.48. The molecule has 0 bridgehead atoms. The summed E-state index contributed by atoms with van der Waals surface area (Å²) in [7, 11) is 1.48. The average Bonchev–Trinajstić information content (AvgIpc) is 2.41. The SMILES string of the molecule is COc1cc(Oc2c(C)ccc(C)c2C)c(F)cc1N. The molecule has 0 spiro atoms. The van der Waals surface area contributed by atoms with Gasteiger partial charge in [0.05, 0.1) is 12.8 Å². The van der Waals surface area contributed by atoms with Gasteiger partial charge in [-0.2, -0.15) is 0 Å². The highest BCUT2D eigenvalue weighted by molar-refractivity contribution is 5.57. The van der Waals surface area contributed by atoms with Crippen molar-refractivity contribution in [3.05, 3.63) is 46.8 Å². The zero-order chi connectivity index (χ0) is 14.9. The van der Waals surface area contributed by atoms with Crippen molar-refractivity contribution >= 4 is 5.69 Å². The lowest BCUT2D eigenvalue weighted by Gasteiger charge is -2.15. The van der Waals surface area contributed by atoms with Crippen LogP contribution in [0.25, 0.3) is 0 Å². The van der Waals surface area contributed by atoms with E-state index in [2.05, 4.69) is 0 Å². The summed E-state index contributed by atoms with van der Waals surface area (Å²) in [4.78, 5) is 0. The lowest BCUT2D eigenvalue weighted by molar-refractivity contribution is 0.401. The molecule has 0 aliphatic carbocycles. The number of nitrogens with two attached hydrogens (primary N) is 1. The summed E-state index contributed by atoms with van der Waals surface area (Å²) in [5.41, 5.74) is 8.93. The highest BCUT2D eigenvalue weighted by atomic mass is 19.1. The smallest absolute Gasteiger partial charge is 0.168 e. The third-order valence-corrected chi connectivity index (χ3v) is 3.37. The first-order valence-electron chi connectivity index (χ1n) is 6.31. The molecule has 0 aliphatic rings. The Hall–Kier alpha value is -2.23. The van der Waals surface area contributed by atoms with E-state index in [-0.39, 0.29) is 11.4 Å². The fourth-order valence-electron chi connectivity index (χ4n) is 2.00. The molecular weight excluding hydrogens is 257 g/mol. The van der Waals surface area contributed by atoms with Gasteiger partial charge in [-0.25, -0.2) is 4.39 Å². The Kier molecular flexibility index (Phi) is 3.84. The maximum Gasteiger partial charge on any atom is 0.168 e. The maximum absolute atomic E-state index is 14.0. The van der Waals surface area contributed by atoms with Crippen molar-refractivity contribution in [2.24, 2.45) is 0 Å². The summed E-state index contributed by atoms with van der Waals surface area (Å²) < 4.78 is 24.8. The molecular formula is C16H18FNO2. The molecule has 3 nitrogen and oxygen atoms in total. The predicted octanol–water partition coefficient (Wildman–Crippen LogP) is 4.13. The monoisotopic (exact) mass is 275 g/mol. The second kappa shape index (κ2) is 5.41. The maximum atomic E-state index is 14.0. The first-order valence-corrected chi connectivity index (χ1v) is 6.31. The van der Waals surface area contributed by atoms with Gasteiger partial charge in [-0.1, -0.05) is 12.1 Å². The van der Waals surface area contributed by atoms with Crippen LogP contribution in [0.15, 0.2) is 24.3 Å². The first-order chi connectivity index (χ1) is 9.43. The Bertz CT molecular complexity index is 653. The quantitative estimate of drug-likeness (QED) is 0.856. The van der Waals surface area contributed by atoms with Crippen LogP contribution in [-0.2, 0) is 0 Å². The molecule has 0 aliphatic heterocycles. The van der Waals surface area contributed by atoms with Crippen LogP contribution in [0, 0.1) is 26.6 Å². The number of hydrogen-bond acceptors (Lipinski definition) is 3. The van der Waals surface area contributed by atoms with E-state index >= 15 is 0 Å². The molecule has 0 saturated heterocycles. The van der Waals surface area contributed by atoms with Gasteiger partial charge < -0.3 is 15.2 Å². The van der Waals surface area contributed by atoms with E-state index in [1.54, 1.807) is 0 Å². The number of anilines is 1. The topological polar surface area (TPSA) is 44.5 Å². The third kappa shape index (κ3) is 2.54. The van der Waals surface area contributed by atoms with Crippen molar-refractivity contribution < 1.29 is 13.9 Å². The molecule has 4 heteroatoms. The van der Waals surface area contributed by atoms with E-state index in [1.165, 1.54) is 19.2 Å². The minimum absolute atomic E-state index is 0.104. The summed E-state index contributed by atoms with van der Waals surface area (Å²) in [5.74, 6) is 0.650. The van der Waals surface area contributed by atoms with Crippen molar-refractivity contribution in [3.63, 3.8) is 0 Å². The Morgan fingerprint density at radius 1 is 1.00 bits per heavy atom. The first kappa shape index (κ1) is 14.2. The summed E-state index contributed by atoms with van der Waals surface area (Å²) in [6.45, 7) is 5.86. The number of nitrogen functional groups attached to an aromatic ring is 1. The molecule has 0 atom stereocenters. The molecule has 2 aromatic carbocycles. The average molecular weight is 275 g/mol. The van der Waals surface area contributed by atoms with Gasteiger partial charge in [-0.3, -0.25) is 0 Å². The van der Waals surface area contributed by atoms with Gasteiger partial charge >= 0.3 is 0 Å². The third-order valence-electron chi connectivity index (χ3n) is 3.37. The van der Waals surface area contributed by atoms with E-state index in [9.17, 15) is 4.39 Å². The van der Waals surface area contributed by atoms with Gasteiger partial charge in [0.15, 0.2) is 11.6 Å². The van der Waals surface area contributed by atoms with Crippen LogP contribution in [0.1, 0.15) is 16.7 Å². The predicted molar refractivity (Wildman–Crippen MR) is 78.1 cm³/mol. The second-order valence-electron chi connectivity index (χ2n) is 4.78. The molecule has 0 radical (unpaired) electrons. The van der Waals surface area contributed by atoms with Crippen molar-refractivity contribution in [1.29, 1.82) is 0 Å². The summed E-state index contributed by atoms with van der Waals surface area (Å²) in [5, 5.41) is 0. The highest BCUT2D eigenvalue weighted by Crippen LogP contribution is 2.36. The molecule has 0 saturated carbocycles. The van der Waals surface area contributed by atoms with Crippen LogP contribution >= 0.6 is 0 Å². The van der Waals surface area contributed by atoms with Gasteiger partial charge in [-0.15, -0.1) is 0 Å². The molecule has 0 fully saturated rings. The van der Waals surface area contributed by atoms with Gasteiger partial charge in [-0.05, 0) is 37.5 Å². The van der Waals surface area contributed by atoms with Crippen LogP contribution in [-0.4, -0.2) is 7.11 Å². The minimum Gasteiger partial charge on any atom is -0.494 e. The molecule has 106 valence electrons. The van der Waals surface area contributed by atoms with Gasteiger partial charge in [0, 0.05) is 12.1 Å². The molecule has 0 heterocycles. The van der Waals surface area contributed by atoms with Gasteiger partial charge in [0.2, 0.25) is 0 Å². The molecule has 2 aromatic rings. The number of benzene rings is 2. The summed E-state index contributed by atoms with van der Waals surface area (Å²) >= 11 is 0. The number of hydrogen-bond donors (Lipinski definition) is 1. The second-order valence-corrected chi connectivity index (χ2v) is 4.78. The van der Waals surface area contributed by atoms with Gasteiger partial charge in [0.1, 0.15) is 11.5 Å². The summed E-state index contributed by atoms with van der Waals surface area (Å²) in [6, 6.07) is 6.63. The van der Waals surface area contributed by atoms with Crippen LogP contribution in [0.2, 0.25) is 0 Å². The van der Waals surface area contributed by atoms with Crippen LogP contribution in [0.5, 0.6) is 17.2 Å². The lowest BCUT2D eigenvalue weighted by Crippen LogP contribution is -1.98. The van der Waals surface area contributed by atoms with E-state index in [0.29, 0.717) is 11.5 Å². The van der Waals surface area contributed by atoms with Crippen LogP contribution < -0.4 is 15.2 Å². The Morgan fingerprint density at radius 2 is 1.65 bits per heavy atom. The standard InChI is InChI=1S/C16H18FNO2/c1-9-5-6-10(2)16(11(9)3)20-14-8-15(19-4)13(18)7-12(14)17/h5-8H,18H2,1-4H3. The number of ether oxygens (including phenoxy) is 2. The number of rotatable bonds is 3. The largest absolute Gasteiger partial charge is 0.494 e. The number of aryl methyl sites for hydroxylation is 2. The van der Waals surface area contributed by atoms with Crippen molar-refractivity contribution in [3.8, 4) is 17.2 Å². The zero-order valence-electron chi connectivity index (χ0n) is 12.1. The molecule has 2 rings (SSSR count).